The van der Waals surface area contributed by atoms with Crippen LogP contribution in [0.1, 0.15) is 54.4 Å². The second-order valence-corrected chi connectivity index (χ2v) is 6.89. The van der Waals surface area contributed by atoms with Gasteiger partial charge in [0.25, 0.3) is 0 Å². The number of piperidine rings is 1. The van der Waals surface area contributed by atoms with E-state index in [0.29, 0.717) is 12.3 Å². The van der Waals surface area contributed by atoms with Crippen LogP contribution in [0.4, 0.5) is 4.39 Å². The van der Waals surface area contributed by atoms with Crippen molar-refractivity contribution in [3.63, 3.8) is 0 Å². The molecule has 1 nitrogen and oxygen atoms in total. The Hall–Kier alpha value is -0.110. The number of hydrogen-bond acceptors (Lipinski definition) is 1. The van der Waals surface area contributed by atoms with Gasteiger partial charge in [0.1, 0.15) is 0 Å². The number of rotatable bonds is 0. The first-order chi connectivity index (χ1) is 6.62. The molecule has 2 heteroatoms. The van der Waals surface area contributed by atoms with Crippen LogP contribution >= 0.6 is 0 Å². The minimum absolute atomic E-state index is 0.0394. The maximum atomic E-state index is 14.1. The van der Waals surface area contributed by atoms with E-state index in [1.165, 1.54) is 0 Å². The van der Waals surface area contributed by atoms with Gasteiger partial charge in [-0.3, -0.25) is 4.90 Å². The molecular weight excluding hydrogens is 189 g/mol. The first kappa shape index (κ1) is 13.0. The van der Waals surface area contributed by atoms with E-state index < -0.39 is 6.30 Å². The van der Waals surface area contributed by atoms with E-state index in [-0.39, 0.29) is 11.0 Å². The van der Waals surface area contributed by atoms with E-state index in [1.54, 1.807) is 0 Å². The lowest BCUT2D eigenvalue weighted by Crippen LogP contribution is -2.51. The summed E-state index contributed by atoms with van der Waals surface area (Å²) < 4.78 is 14.1. The molecule has 0 radical (unpaired) electrons. The van der Waals surface area contributed by atoms with Gasteiger partial charge in [-0.15, -0.1) is 0 Å². The number of nitrogens with zero attached hydrogens (tertiary/aromatic N) is 1. The Labute approximate surface area is 94.0 Å². The van der Waals surface area contributed by atoms with E-state index in [9.17, 15) is 4.39 Å². The molecule has 0 saturated carbocycles. The maximum absolute atomic E-state index is 14.1. The summed E-state index contributed by atoms with van der Waals surface area (Å²) in [6.07, 6.45) is 1.06. The van der Waals surface area contributed by atoms with Crippen LogP contribution in [0.15, 0.2) is 0 Å². The first-order valence-corrected chi connectivity index (χ1v) is 6.03. The van der Waals surface area contributed by atoms with Gasteiger partial charge in [-0.2, -0.15) is 0 Å². The van der Waals surface area contributed by atoms with Crippen molar-refractivity contribution in [2.75, 3.05) is 6.54 Å². The molecule has 0 aliphatic carbocycles. The highest BCUT2D eigenvalue weighted by molar-refractivity contribution is 4.88. The van der Waals surface area contributed by atoms with E-state index in [4.69, 9.17) is 0 Å². The minimum Gasteiger partial charge on any atom is -0.269 e. The van der Waals surface area contributed by atoms with Gasteiger partial charge in [-0.1, -0.05) is 20.8 Å². The van der Waals surface area contributed by atoms with Crippen molar-refractivity contribution in [3.05, 3.63) is 0 Å². The van der Waals surface area contributed by atoms with Crippen LogP contribution in [0.5, 0.6) is 0 Å². The first-order valence-electron chi connectivity index (χ1n) is 6.03. The van der Waals surface area contributed by atoms with Crippen LogP contribution in [0.2, 0.25) is 0 Å². The van der Waals surface area contributed by atoms with Gasteiger partial charge < -0.3 is 0 Å². The number of halogens is 1. The summed E-state index contributed by atoms with van der Waals surface area (Å²) in [5, 5.41) is 0. The van der Waals surface area contributed by atoms with Crippen molar-refractivity contribution < 1.29 is 4.39 Å². The molecule has 1 saturated heterocycles. The number of hydrogen-bond donors (Lipinski definition) is 0. The summed E-state index contributed by atoms with van der Waals surface area (Å²) in [7, 11) is 0. The molecular formula is C13H26FN. The van der Waals surface area contributed by atoms with Crippen molar-refractivity contribution in [1.29, 1.82) is 0 Å². The number of likely N-dealkylation sites (tertiary alicyclic amines) is 1. The molecule has 0 amide bonds. The summed E-state index contributed by atoms with van der Waals surface area (Å²) in [5.41, 5.74) is 0.205. The van der Waals surface area contributed by atoms with Crippen molar-refractivity contribution in [2.24, 2.45) is 11.3 Å². The Morgan fingerprint density at radius 3 is 1.93 bits per heavy atom. The van der Waals surface area contributed by atoms with Crippen molar-refractivity contribution >= 4 is 0 Å². The molecule has 0 aromatic carbocycles. The van der Waals surface area contributed by atoms with Gasteiger partial charge in [0.2, 0.25) is 0 Å². The Balaban J connectivity index is 2.64. The molecule has 15 heavy (non-hydrogen) atoms. The number of alkyl halides is 1. The topological polar surface area (TPSA) is 3.24 Å². The Morgan fingerprint density at radius 1 is 1.07 bits per heavy atom. The molecule has 1 aliphatic heterocycles. The van der Waals surface area contributed by atoms with Gasteiger partial charge in [-0.25, -0.2) is 4.39 Å². The summed E-state index contributed by atoms with van der Waals surface area (Å²) >= 11 is 0. The molecule has 90 valence electrons. The normalized spacial score (nSPS) is 30.6. The molecule has 1 rings (SSSR count). The molecule has 1 fully saturated rings. The van der Waals surface area contributed by atoms with E-state index >= 15 is 0 Å². The molecule has 0 N–H and O–H groups in total. The molecule has 1 aliphatic rings. The fourth-order valence-electron chi connectivity index (χ4n) is 2.46. The predicted octanol–water partition coefficient (Wildman–Crippen LogP) is 3.84. The zero-order valence-electron chi connectivity index (χ0n) is 11.1. The molecule has 0 bridgehead atoms. The largest absolute Gasteiger partial charge is 0.269 e. The molecule has 0 aromatic heterocycles. The Bertz CT molecular complexity index is 212. The average molecular weight is 215 g/mol. The SMILES string of the molecule is CC(C)(C)C1CCN(C(C)(C)C)[C@H](F)C1. The molecule has 0 aromatic rings. The second-order valence-electron chi connectivity index (χ2n) is 6.89. The molecule has 1 heterocycles. The van der Waals surface area contributed by atoms with Crippen molar-refractivity contribution in [3.8, 4) is 0 Å². The van der Waals surface area contributed by atoms with Gasteiger partial charge in [0, 0.05) is 12.1 Å². The van der Waals surface area contributed by atoms with Crippen molar-refractivity contribution in [1.82, 2.24) is 4.90 Å². The summed E-state index contributed by atoms with van der Waals surface area (Å²) in [6.45, 7) is 13.8. The molecule has 0 spiro atoms. The van der Waals surface area contributed by atoms with Gasteiger partial charge >= 0.3 is 0 Å². The highest BCUT2D eigenvalue weighted by atomic mass is 19.1. The average Bonchev–Trinajstić information content (AvgIpc) is 1.99. The lowest BCUT2D eigenvalue weighted by atomic mass is 9.74. The predicted molar refractivity (Wildman–Crippen MR) is 63.5 cm³/mol. The van der Waals surface area contributed by atoms with Crippen molar-refractivity contribution in [2.45, 2.75) is 66.2 Å². The van der Waals surface area contributed by atoms with Gasteiger partial charge in [0.05, 0.1) is 0 Å². The van der Waals surface area contributed by atoms with Gasteiger partial charge in [0.15, 0.2) is 6.30 Å². The van der Waals surface area contributed by atoms with Gasteiger partial charge in [-0.05, 0) is 44.9 Å². The molecule has 1 unspecified atom stereocenters. The second kappa shape index (κ2) is 4.04. The van der Waals surface area contributed by atoms with Crippen LogP contribution in [0.3, 0.4) is 0 Å². The highest BCUT2D eigenvalue weighted by Crippen LogP contribution is 2.39. The quantitative estimate of drug-likeness (QED) is 0.555. The minimum atomic E-state index is -0.761. The lowest BCUT2D eigenvalue weighted by Gasteiger charge is -2.46. The summed E-state index contributed by atoms with van der Waals surface area (Å²) in [5.74, 6) is 0.520. The fourth-order valence-corrected chi connectivity index (χ4v) is 2.46. The Kier molecular flexibility index (Phi) is 3.49. The molecule has 2 atom stereocenters. The van der Waals surface area contributed by atoms with E-state index in [1.807, 2.05) is 4.90 Å². The zero-order valence-corrected chi connectivity index (χ0v) is 11.1. The van der Waals surface area contributed by atoms with Crippen LogP contribution in [0, 0.1) is 11.3 Å². The summed E-state index contributed by atoms with van der Waals surface area (Å²) in [6, 6.07) is 0. The van der Waals surface area contributed by atoms with Crippen LogP contribution < -0.4 is 0 Å². The highest BCUT2D eigenvalue weighted by Gasteiger charge is 2.38. The van der Waals surface area contributed by atoms with Crippen LogP contribution in [0.25, 0.3) is 0 Å². The van der Waals surface area contributed by atoms with E-state index in [2.05, 4.69) is 41.5 Å². The van der Waals surface area contributed by atoms with Crippen LogP contribution in [-0.4, -0.2) is 23.3 Å². The smallest absolute Gasteiger partial charge is 0.154 e. The maximum Gasteiger partial charge on any atom is 0.154 e. The Morgan fingerprint density at radius 2 is 1.60 bits per heavy atom. The monoisotopic (exact) mass is 215 g/mol. The standard InChI is InChI=1S/C13H26FN/c1-12(2,3)10-7-8-15(11(14)9-10)13(4,5)6/h10-11H,7-9H2,1-6H3/t10?,11-/m0/s1. The third kappa shape index (κ3) is 3.17. The third-order valence-electron chi connectivity index (χ3n) is 3.62. The third-order valence-corrected chi connectivity index (χ3v) is 3.62. The van der Waals surface area contributed by atoms with E-state index in [0.717, 1.165) is 13.0 Å². The lowest BCUT2D eigenvalue weighted by molar-refractivity contribution is -0.0568. The fraction of sp³-hybridized carbons (Fsp3) is 1.00. The zero-order chi connectivity index (χ0) is 11.9. The summed E-state index contributed by atoms with van der Waals surface area (Å²) in [4.78, 5) is 2.00. The van der Waals surface area contributed by atoms with Crippen LogP contribution in [-0.2, 0) is 0 Å².